The summed E-state index contributed by atoms with van der Waals surface area (Å²) in [6.45, 7) is 11.2. The minimum absolute atomic E-state index is 0.000881. The molecular formula is C20H30N4OS. The predicted octanol–water partition coefficient (Wildman–Crippen LogP) is 2.08. The molecule has 2 heterocycles. The molecule has 3 rings (SSSR count). The van der Waals surface area contributed by atoms with Crippen molar-refractivity contribution in [2.75, 3.05) is 32.7 Å². The second kappa shape index (κ2) is 7.92. The monoisotopic (exact) mass is 374 g/mol. The highest BCUT2D eigenvalue weighted by atomic mass is 32.1. The zero-order valence-corrected chi connectivity index (χ0v) is 16.9. The summed E-state index contributed by atoms with van der Waals surface area (Å²) in [7, 11) is 0. The van der Waals surface area contributed by atoms with Gasteiger partial charge in [-0.2, -0.15) is 0 Å². The van der Waals surface area contributed by atoms with Gasteiger partial charge in [-0.3, -0.25) is 9.69 Å². The van der Waals surface area contributed by atoms with Crippen molar-refractivity contribution in [2.45, 2.75) is 45.3 Å². The van der Waals surface area contributed by atoms with Gasteiger partial charge in [-0.25, -0.2) is 0 Å². The molecule has 0 bridgehead atoms. The number of nitrogens with one attached hydrogen (secondary N) is 1. The average Bonchev–Trinajstić information content (AvgIpc) is 2.59. The maximum absolute atomic E-state index is 12.8. The second-order valence-corrected chi connectivity index (χ2v) is 8.52. The first-order valence-corrected chi connectivity index (χ1v) is 9.88. The molecule has 0 spiro atoms. The van der Waals surface area contributed by atoms with Crippen molar-refractivity contribution in [1.82, 2.24) is 20.0 Å². The summed E-state index contributed by atoms with van der Waals surface area (Å²) >= 11 is 5.50. The Hall–Kier alpha value is -1.66. The molecule has 2 fully saturated rings. The second-order valence-electron chi connectivity index (χ2n) is 8.14. The van der Waals surface area contributed by atoms with Crippen molar-refractivity contribution in [2.24, 2.45) is 0 Å². The number of hydrogen-bond donors (Lipinski definition) is 1. The van der Waals surface area contributed by atoms with Crippen molar-refractivity contribution >= 4 is 23.2 Å². The van der Waals surface area contributed by atoms with Gasteiger partial charge in [0.25, 0.3) is 0 Å². The third-order valence-corrected chi connectivity index (χ3v) is 5.66. The summed E-state index contributed by atoms with van der Waals surface area (Å²) in [6, 6.07) is 10.8. The third kappa shape index (κ3) is 4.74. The van der Waals surface area contributed by atoms with E-state index < -0.39 is 0 Å². The van der Waals surface area contributed by atoms with Crippen molar-refractivity contribution in [1.29, 1.82) is 0 Å². The number of thiocarbonyl (C=S) groups is 1. The molecule has 0 unspecified atom stereocenters. The fourth-order valence-electron chi connectivity index (χ4n) is 3.93. The molecule has 0 aromatic heterocycles. The zero-order valence-electron chi connectivity index (χ0n) is 16.1. The Morgan fingerprint density at radius 3 is 2.46 bits per heavy atom. The summed E-state index contributed by atoms with van der Waals surface area (Å²) < 4.78 is 0. The maximum Gasteiger partial charge on any atom is 0.242 e. The van der Waals surface area contributed by atoms with Crippen LogP contribution in [0.1, 0.15) is 32.8 Å². The first-order chi connectivity index (χ1) is 12.3. The molecule has 1 aromatic rings. The molecule has 1 amide bonds. The Morgan fingerprint density at radius 2 is 1.85 bits per heavy atom. The molecule has 1 atom stereocenters. The van der Waals surface area contributed by atoms with Gasteiger partial charge in [0.05, 0.1) is 6.54 Å². The number of benzene rings is 1. The normalized spacial score (nSPS) is 23.7. The van der Waals surface area contributed by atoms with E-state index in [2.05, 4.69) is 55.3 Å². The standard InChI is InChI=1S/C20H30N4OS/c1-16-13-20(2,3)21-19(26)24(16)15-18(25)23-11-9-22(10-12-23)14-17-7-5-4-6-8-17/h4-8,16H,9-15H2,1-3H3,(H,21,26)/t16-/m0/s1. The fraction of sp³-hybridized carbons (Fsp3) is 0.600. The van der Waals surface area contributed by atoms with Crippen LogP contribution in [-0.4, -0.2) is 70.0 Å². The van der Waals surface area contributed by atoms with Gasteiger partial charge in [0, 0.05) is 44.3 Å². The number of carbonyl (C=O) groups is 1. The van der Waals surface area contributed by atoms with Crippen LogP contribution in [0.3, 0.4) is 0 Å². The third-order valence-electron chi connectivity index (χ3n) is 5.32. The molecule has 6 heteroatoms. The van der Waals surface area contributed by atoms with Gasteiger partial charge in [-0.1, -0.05) is 30.3 Å². The van der Waals surface area contributed by atoms with Crippen LogP contribution >= 0.6 is 12.2 Å². The molecule has 0 saturated carbocycles. The van der Waals surface area contributed by atoms with Gasteiger partial charge in [-0.05, 0) is 45.0 Å². The van der Waals surface area contributed by atoms with Crippen LogP contribution in [0.25, 0.3) is 0 Å². The van der Waals surface area contributed by atoms with Crippen LogP contribution < -0.4 is 5.32 Å². The van der Waals surface area contributed by atoms with Crippen LogP contribution in [-0.2, 0) is 11.3 Å². The Balaban J connectivity index is 1.49. The Bertz CT molecular complexity index is 640. The van der Waals surface area contributed by atoms with E-state index in [0.29, 0.717) is 11.7 Å². The molecule has 142 valence electrons. The minimum Gasteiger partial charge on any atom is -0.358 e. The molecule has 2 aliphatic heterocycles. The van der Waals surface area contributed by atoms with Gasteiger partial charge in [0.15, 0.2) is 5.11 Å². The van der Waals surface area contributed by atoms with E-state index in [9.17, 15) is 4.79 Å². The highest BCUT2D eigenvalue weighted by molar-refractivity contribution is 7.80. The first-order valence-electron chi connectivity index (χ1n) is 9.47. The summed E-state index contributed by atoms with van der Waals surface area (Å²) in [6.07, 6.45) is 0.977. The SMILES string of the molecule is C[C@H]1CC(C)(C)NC(=S)N1CC(=O)N1CCN(Cc2ccccc2)CC1. The molecule has 1 N–H and O–H groups in total. The van der Waals surface area contributed by atoms with Gasteiger partial charge in [-0.15, -0.1) is 0 Å². The topological polar surface area (TPSA) is 38.8 Å². The Labute approximate surface area is 162 Å². The molecule has 0 radical (unpaired) electrons. The maximum atomic E-state index is 12.8. The molecule has 5 nitrogen and oxygen atoms in total. The first kappa shape index (κ1) is 19.1. The lowest BCUT2D eigenvalue weighted by Gasteiger charge is -2.45. The molecule has 1 aromatic carbocycles. The zero-order chi connectivity index (χ0) is 18.7. The van der Waals surface area contributed by atoms with Gasteiger partial charge in [0.1, 0.15) is 0 Å². The molecule has 26 heavy (non-hydrogen) atoms. The van der Waals surface area contributed by atoms with E-state index >= 15 is 0 Å². The lowest BCUT2D eigenvalue weighted by atomic mass is 9.93. The quantitative estimate of drug-likeness (QED) is 0.817. The van der Waals surface area contributed by atoms with Crippen molar-refractivity contribution < 1.29 is 4.79 Å². The van der Waals surface area contributed by atoms with Crippen molar-refractivity contribution in [3.8, 4) is 0 Å². The highest BCUT2D eigenvalue weighted by Gasteiger charge is 2.35. The van der Waals surface area contributed by atoms with E-state index in [1.165, 1.54) is 5.56 Å². The molecule has 2 saturated heterocycles. The van der Waals surface area contributed by atoms with E-state index in [4.69, 9.17) is 12.2 Å². The fourth-order valence-corrected chi connectivity index (χ4v) is 4.45. The molecular weight excluding hydrogens is 344 g/mol. The largest absolute Gasteiger partial charge is 0.358 e. The van der Waals surface area contributed by atoms with E-state index in [0.717, 1.165) is 39.1 Å². The van der Waals surface area contributed by atoms with Crippen LogP contribution in [0.5, 0.6) is 0 Å². The van der Waals surface area contributed by atoms with E-state index in [1.54, 1.807) is 0 Å². The molecule has 0 aliphatic carbocycles. The number of rotatable bonds is 4. The number of hydrogen-bond acceptors (Lipinski definition) is 3. The van der Waals surface area contributed by atoms with E-state index in [1.807, 2.05) is 15.9 Å². The number of amides is 1. The Kier molecular flexibility index (Phi) is 5.82. The summed E-state index contributed by atoms with van der Waals surface area (Å²) in [4.78, 5) is 19.2. The summed E-state index contributed by atoms with van der Waals surface area (Å²) in [5.74, 6) is 0.181. The average molecular weight is 375 g/mol. The summed E-state index contributed by atoms with van der Waals surface area (Å²) in [5, 5.41) is 4.06. The van der Waals surface area contributed by atoms with Crippen LogP contribution in [0.4, 0.5) is 0 Å². The highest BCUT2D eigenvalue weighted by Crippen LogP contribution is 2.22. The number of piperazine rings is 1. The van der Waals surface area contributed by atoms with Crippen LogP contribution in [0, 0.1) is 0 Å². The minimum atomic E-state index is -0.000881. The predicted molar refractivity (Wildman–Crippen MR) is 109 cm³/mol. The van der Waals surface area contributed by atoms with Crippen molar-refractivity contribution in [3.05, 3.63) is 35.9 Å². The smallest absolute Gasteiger partial charge is 0.242 e. The van der Waals surface area contributed by atoms with E-state index in [-0.39, 0.29) is 17.5 Å². The molecule has 2 aliphatic rings. The van der Waals surface area contributed by atoms with Gasteiger partial charge >= 0.3 is 0 Å². The van der Waals surface area contributed by atoms with Gasteiger partial charge < -0.3 is 15.1 Å². The lowest BCUT2D eigenvalue weighted by Crippen LogP contribution is -2.62. The lowest BCUT2D eigenvalue weighted by molar-refractivity contribution is -0.134. The summed E-state index contributed by atoms with van der Waals surface area (Å²) in [5.41, 5.74) is 1.33. The van der Waals surface area contributed by atoms with Crippen LogP contribution in [0.15, 0.2) is 30.3 Å². The number of carbonyl (C=O) groups excluding carboxylic acids is 1. The Morgan fingerprint density at radius 1 is 1.19 bits per heavy atom. The van der Waals surface area contributed by atoms with Gasteiger partial charge in [0.2, 0.25) is 5.91 Å². The number of nitrogens with zero attached hydrogens (tertiary/aromatic N) is 3. The van der Waals surface area contributed by atoms with Crippen LogP contribution in [0.2, 0.25) is 0 Å². The van der Waals surface area contributed by atoms with Crippen molar-refractivity contribution in [3.63, 3.8) is 0 Å².